The Hall–Kier alpha value is -1.04. The van der Waals surface area contributed by atoms with Crippen LogP contribution in [0.4, 0.5) is 4.39 Å². The molecule has 1 aromatic rings. The molecule has 0 saturated heterocycles. The summed E-state index contributed by atoms with van der Waals surface area (Å²) in [7, 11) is 1.60. The summed E-state index contributed by atoms with van der Waals surface area (Å²) >= 11 is 0. The second-order valence-electron chi connectivity index (χ2n) is 3.80. The first-order chi connectivity index (χ1) is 7.58. The van der Waals surface area contributed by atoms with E-state index in [1.807, 2.05) is 0 Å². The third-order valence-corrected chi connectivity index (χ3v) is 2.30. The average Bonchev–Trinajstić information content (AvgIpc) is 2.25. The highest BCUT2D eigenvalue weighted by Crippen LogP contribution is 2.21. The lowest BCUT2D eigenvalue weighted by Gasteiger charge is -2.24. The predicted octanol–water partition coefficient (Wildman–Crippen LogP) is 0.664. The smallest absolute Gasteiger partial charge is 0.147 e. The van der Waals surface area contributed by atoms with E-state index in [9.17, 15) is 9.50 Å². The second-order valence-corrected chi connectivity index (χ2v) is 3.80. The van der Waals surface area contributed by atoms with Gasteiger partial charge in [-0.1, -0.05) is 0 Å². The number of ether oxygens (including phenoxy) is 1. The van der Waals surface area contributed by atoms with Gasteiger partial charge in [-0.25, -0.2) is 4.39 Å². The van der Waals surface area contributed by atoms with Crippen LogP contribution in [0.1, 0.15) is 12.5 Å². The Labute approximate surface area is 94.5 Å². The van der Waals surface area contributed by atoms with E-state index in [4.69, 9.17) is 4.74 Å². The van der Waals surface area contributed by atoms with Gasteiger partial charge in [0.15, 0.2) is 0 Å². The van der Waals surface area contributed by atoms with E-state index in [0.29, 0.717) is 13.2 Å². The van der Waals surface area contributed by atoms with Crippen LogP contribution in [0.2, 0.25) is 0 Å². The molecule has 1 aromatic heterocycles. The van der Waals surface area contributed by atoms with Crippen molar-refractivity contribution in [3.63, 3.8) is 0 Å². The minimum absolute atomic E-state index is 0.243. The molecule has 0 bridgehead atoms. The molecule has 0 aliphatic heterocycles. The monoisotopic (exact) mass is 228 g/mol. The zero-order chi connectivity index (χ0) is 12.0. The number of nitrogens with zero attached hydrogens (tertiary/aromatic N) is 1. The first kappa shape index (κ1) is 13.0. The molecule has 0 aliphatic rings. The average molecular weight is 228 g/mol. The van der Waals surface area contributed by atoms with E-state index in [2.05, 4.69) is 10.3 Å². The van der Waals surface area contributed by atoms with E-state index < -0.39 is 11.4 Å². The second kappa shape index (κ2) is 5.89. The molecule has 0 aromatic carbocycles. The van der Waals surface area contributed by atoms with Crippen LogP contribution in [0.5, 0.6) is 0 Å². The summed E-state index contributed by atoms with van der Waals surface area (Å²) < 4.78 is 18.2. The van der Waals surface area contributed by atoms with Crippen LogP contribution in [0.25, 0.3) is 0 Å². The molecule has 16 heavy (non-hydrogen) atoms. The van der Waals surface area contributed by atoms with Crippen LogP contribution < -0.4 is 5.32 Å². The summed E-state index contributed by atoms with van der Waals surface area (Å²) in [5.74, 6) is -0.499. The lowest BCUT2D eigenvalue weighted by atomic mass is 9.96. The SMILES string of the molecule is COCCNCC(C)(O)c1ccncc1F. The van der Waals surface area contributed by atoms with Gasteiger partial charge in [0.1, 0.15) is 11.4 Å². The van der Waals surface area contributed by atoms with Gasteiger partial charge in [-0.2, -0.15) is 0 Å². The molecule has 1 atom stereocenters. The van der Waals surface area contributed by atoms with Crippen LogP contribution in [-0.4, -0.2) is 36.9 Å². The standard InChI is InChI=1S/C11H17FN2O2/c1-11(15,8-14-5-6-16-2)9-3-4-13-7-10(9)12/h3-4,7,14-15H,5-6,8H2,1-2H3. The summed E-state index contributed by atoms with van der Waals surface area (Å²) in [5, 5.41) is 13.1. The Kier molecular flexibility index (Phi) is 4.79. The molecule has 1 rings (SSSR count). The molecule has 0 aliphatic carbocycles. The Morgan fingerprint density at radius 1 is 1.62 bits per heavy atom. The lowest BCUT2D eigenvalue weighted by molar-refractivity contribution is 0.0512. The summed E-state index contributed by atoms with van der Waals surface area (Å²) in [5.41, 5.74) is -1.01. The minimum atomic E-state index is -1.25. The van der Waals surface area contributed by atoms with Crippen molar-refractivity contribution in [1.29, 1.82) is 0 Å². The highest BCUT2D eigenvalue weighted by atomic mass is 19.1. The molecular weight excluding hydrogens is 211 g/mol. The van der Waals surface area contributed by atoms with E-state index in [-0.39, 0.29) is 12.1 Å². The van der Waals surface area contributed by atoms with Crippen LogP contribution >= 0.6 is 0 Å². The molecule has 1 heterocycles. The maximum atomic E-state index is 13.4. The first-order valence-corrected chi connectivity index (χ1v) is 5.10. The number of hydrogen-bond acceptors (Lipinski definition) is 4. The van der Waals surface area contributed by atoms with E-state index in [0.717, 1.165) is 6.20 Å². The molecule has 0 amide bonds. The van der Waals surface area contributed by atoms with Gasteiger partial charge in [0.05, 0.1) is 12.8 Å². The highest BCUT2D eigenvalue weighted by Gasteiger charge is 2.25. The van der Waals surface area contributed by atoms with Gasteiger partial charge in [0, 0.05) is 32.0 Å². The maximum Gasteiger partial charge on any atom is 0.147 e. The number of hydrogen-bond donors (Lipinski definition) is 2. The predicted molar refractivity (Wildman–Crippen MR) is 58.5 cm³/mol. The fourth-order valence-electron chi connectivity index (χ4n) is 1.41. The number of pyridine rings is 1. The zero-order valence-corrected chi connectivity index (χ0v) is 9.53. The molecule has 1 unspecified atom stereocenters. The number of aliphatic hydroxyl groups is 1. The van der Waals surface area contributed by atoms with Crippen molar-refractivity contribution in [3.05, 3.63) is 29.8 Å². The van der Waals surface area contributed by atoms with E-state index >= 15 is 0 Å². The molecular formula is C11H17FN2O2. The topological polar surface area (TPSA) is 54.4 Å². The third-order valence-electron chi connectivity index (χ3n) is 2.30. The van der Waals surface area contributed by atoms with Crippen molar-refractivity contribution >= 4 is 0 Å². The van der Waals surface area contributed by atoms with Gasteiger partial charge in [-0.3, -0.25) is 4.98 Å². The summed E-state index contributed by atoms with van der Waals surface area (Å²) in [6.45, 7) is 2.98. The van der Waals surface area contributed by atoms with Gasteiger partial charge in [0.2, 0.25) is 0 Å². The maximum absolute atomic E-state index is 13.4. The molecule has 0 radical (unpaired) electrons. The fourth-order valence-corrected chi connectivity index (χ4v) is 1.41. The third kappa shape index (κ3) is 3.52. The van der Waals surface area contributed by atoms with E-state index in [1.165, 1.54) is 12.3 Å². The Balaban J connectivity index is 2.59. The van der Waals surface area contributed by atoms with Crippen LogP contribution in [-0.2, 0) is 10.3 Å². The Morgan fingerprint density at radius 3 is 3.00 bits per heavy atom. The van der Waals surface area contributed by atoms with Gasteiger partial charge in [0.25, 0.3) is 0 Å². The summed E-state index contributed by atoms with van der Waals surface area (Å²) in [6.07, 6.45) is 2.56. The van der Waals surface area contributed by atoms with Crippen LogP contribution in [0.15, 0.2) is 18.5 Å². The van der Waals surface area contributed by atoms with Crippen LogP contribution in [0.3, 0.4) is 0 Å². The molecule has 4 nitrogen and oxygen atoms in total. The Morgan fingerprint density at radius 2 is 2.38 bits per heavy atom. The number of nitrogens with one attached hydrogen (secondary N) is 1. The highest BCUT2D eigenvalue weighted by molar-refractivity contribution is 5.20. The zero-order valence-electron chi connectivity index (χ0n) is 9.53. The molecule has 2 N–H and O–H groups in total. The van der Waals surface area contributed by atoms with E-state index in [1.54, 1.807) is 14.0 Å². The van der Waals surface area contributed by atoms with Gasteiger partial charge < -0.3 is 15.2 Å². The fraction of sp³-hybridized carbons (Fsp3) is 0.545. The summed E-state index contributed by atoms with van der Waals surface area (Å²) in [6, 6.07) is 1.48. The van der Waals surface area contributed by atoms with Crippen molar-refractivity contribution in [1.82, 2.24) is 10.3 Å². The van der Waals surface area contributed by atoms with Crippen molar-refractivity contribution in [2.45, 2.75) is 12.5 Å². The molecule has 5 heteroatoms. The molecule has 0 saturated carbocycles. The van der Waals surface area contributed by atoms with Gasteiger partial charge >= 0.3 is 0 Å². The summed E-state index contributed by atoms with van der Waals surface area (Å²) in [4.78, 5) is 3.64. The lowest BCUT2D eigenvalue weighted by Crippen LogP contribution is -2.37. The Bertz CT molecular complexity index is 332. The van der Waals surface area contributed by atoms with Gasteiger partial charge in [-0.15, -0.1) is 0 Å². The van der Waals surface area contributed by atoms with Crippen molar-refractivity contribution in [3.8, 4) is 0 Å². The van der Waals surface area contributed by atoms with Crippen LogP contribution in [0, 0.1) is 5.82 Å². The van der Waals surface area contributed by atoms with Crippen molar-refractivity contribution in [2.24, 2.45) is 0 Å². The van der Waals surface area contributed by atoms with Crippen molar-refractivity contribution in [2.75, 3.05) is 26.8 Å². The number of rotatable bonds is 6. The van der Waals surface area contributed by atoms with Crippen molar-refractivity contribution < 1.29 is 14.2 Å². The number of methoxy groups -OCH3 is 1. The van der Waals surface area contributed by atoms with Gasteiger partial charge in [-0.05, 0) is 13.0 Å². The first-order valence-electron chi connectivity index (χ1n) is 5.10. The normalized spacial score (nSPS) is 14.8. The molecule has 90 valence electrons. The number of aromatic nitrogens is 1. The quantitative estimate of drug-likeness (QED) is 0.702. The minimum Gasteiger partial charge on any atom is -0.384 e. The molecule has 0 fully saturated rings. The largest absolute Gasteiger partial charge is 0.384 e. The number of halogens is 1. The molecule has 0 spiro atoms.